The second-order valence-corrected chi connectivity index (χ2v) is 11.0. The number of para-hydroxylation sites is 1. The zero-order valence-electron chi connectivity index (χ0n) is 17.4. The van der Waals surface area contributed by atoms with Gasteiger partial charge in [-0.1, -0.05) is 12.1 Å². The van der Waals surface area contributed by atoms with Crippen LogP contribution in [0.3, 0.4) is 0 Å². The van der Waals surface area contributed by atoms with Crippen molar-refractivity contribution in [1.82, 2.24) is 9.03 Å². The number of halogens is 1. The lowest BCUT2D eigenvalue weighted by Gasteiger charge is -2.35. The number of benzene rings is 2. The first kappa shape index (κ1) is 23.5. The van der Waals surface area contributed by atoms with E-state index in [1.807, 2.05) is 0 Å². The fourth-order valence-corrected chi connectivity index (χ4v) is 6.03. The lowest BCUT2D eigenvalue weighted by Crippen LogP contribution is -2.50. The second-order valence-electron chi connectivity index (χ2n) is 7.18. The van der Waals surface area contributed by atoms with Gasteiger partial charge in [0.05, 0.1) is 23.4 Å². The summed E-state index contributed by atoms with van der Waals surface area (Å²) in [5.41, 5.74) is 1.10. The minimum atomic E-state index is -3.85. The highest BCUT2D eigenvalue weighted by Crippen LogP contribution is 2.22. The van der Waals surface area contributed by atoms with Gasteiger partial charge in [-0.25, -0.2) is 25.9 Å². The first-order chi connectivity index (χ1) is 14.6. The predicted molar refractivity (Wildman–Crippen MR) is 117 cm³/mol. The monoisotopic (exact) mass is 471 g/mol. The Labute approximate surface area is 182 Å². The molecule has 1 saturated heterocycles. The van der Waals surface area contributed by atoms with Crippen LogP contribution in [-0.2, 0) is 20.0 Å². The van der Waals surface area contributed by atoms with E-state index in [-0.39, 0.29) is 36.1 Å². The number of sulfonamides is 2. The summed E-state index contributed by atoms with van der Waals surface area (Å²) < 4.78 is 73.0. The summed E-state index contributed by atoms with van der Waals surface area (Å²) in [6, 6.07) is 10.8. The summed E-state index contributed by atoms with van der Waals surface area (Å²) in [5, 5.41) is 0. The molecular formula is C20H26FN3O5S2. The van der Waals surface area contributed by atoms with Crippen LogP contribution in [0, 0.1) is 12.7 Å². The molecule has 1 aliphatic rings. The second kappa shape index (κ2) is 9.51. The molecule has 0 saturated carbocycles. The molecule has 1 heterocycles. The summed E-state index contributed by atoms with van der Waals surface area (Å²) in [6.45, 7) is 2.61. The summed E-state index contributed by atoms with van der Waals surface area (Å²) >= 11 is 0. The predicted octanol–water partition coefficient (Wildman–Crippen LogP) is 1.57. The van der Waals surface area contributed by atoms with Gasteiger partial charge in [0.15, 0.2) is 0 Å². The Bertz CT molecular complexity index is 1130. The first-order valence-corrected chi connectivity index (χ1v) is 12.8. The molecule has 0 radical (unpaired) electrons. The number of hydrogen-bond donors (Lipinski definition) is 1. The van der Waals surface area contributed by atoms with Crippen LogP contribution in [0.4, 0.5) is 10.1 Å². The van der Waals surface area contributed by atoms with E-state index in [9.17, 15) is 21.2 Å². The van der Waals surface area contributed by atoms with Crippen molar-refractivity contribution in [3.8, 4) is 5.75 Å². The van der Waals surface area contributed by atoms with E-state index in [0.717, 1.165) is 0 Å². The van der Waals surface area contributed by atoms with Crippen molar-refractivity contribution in [3.05, 3.63) is 53.8 Å². The molecule has 2 aromatic carbocycles. The zero-order valence-corrected chi connectivity index (χ0v) is 19.0. The Morgan fingerprint density at radius 2 is 1.71 bits per heavy atom. The van der Waals surface area contributed by atoms with Gasteiger partial charge < -0.3 is 9.64 Å². The van der Waals surface area contributed by atoms with Gasteiger partial charge >= 0.3 is 0 Å². The molecule has 1 fully saturated rings. The van der Waals surface area contributed by atoms with Gasteiger partial charge in [0.25, 0.3) is 0 Å². The molecule has 31 heavy (non-hydrogen) atoms. The minimum absolute atomic E-state index is 0.0432. The average Bonchev–Trinajstić information content (AvgIpc) is 2.74. The van der Waals surface area contributed by atoms with E-state index in [4.69, 9.17) is 4.74 Å². The summed E-state index contributed by atoms with van der Waals surface area (Å²) in [5.74, 6) is -0.140. The highest BCUT2D eigenvalue weighted by atomic mass is 32.2. The molecule has 3 rings (SSSR count). The van der Waals surface area contributed by atoms with Crippen molar-refractivity contribution in [2.45, 2.75) is 11.8 Å². The molecule has 1 aliphatic heterocycles. The third-order valence-electron chi connectivity index (χ3n) is 5.15. The molecule has 0 bridgehead atoms. The molecule has 1 N–H and O–H groups in total. The SMILES string of the molecule is COc1ccc(S(=O)(=O)NCCS(=O)(=O)N2CCN(c3ccccc3F)CC2)cc1C. The average molecular weight is 472 g/mol. The highest BCUT2D eigenvalue weighted by Gasteiger charge is 2.28. The van der Waals surface area contributed by atoms with E-state index >= 15 is 0 Å². The maximum absolute atomic E-state index is 13.9. The normalized spacial score (nSPS) is 15.8. The van der Waals surface area contributed by atoms with Crippen molar-refractivity contribution >= 4 is 25.7 Å². The van der Waals surface area contributed by atoms with E-state index < -0.39 is 20.0 Å². The molecule has 0 amide bonds. The van der Waals surface area contributed by atoms with Crippen LogP contribution in [0.25, 0.3) is 0 Å². The van der Waals surface area contributed by atoms with Gasteiger partial charge in [0.2, 0.25) is 20.0 Å². The first-order valence-electron chi connectivity index (χ1n) is 9.75. The molecule has 11 heteroatoms. The Morgan fingerprint density at radius 1 is 1.03 bits per heavy atom. The van der Waals surface area contributed by atoms with Gasteiger partial charge in [-0.2, -0.15) is 4.31 Å². The summed E-state index contributed by atoms with van der Waals surface area (Å²) in [4.78, 5) is 1.84. The van der Waals surface area contributed by atoms with E-state index in [2.05, 4.69) is 4.72 Å². The van der Waals surface area contributed by atoms with E-state index in [1.54, 1.807) is 36.1 Å². The van der Waals surface area contributed by atoms with Gasteiger partial charge in [0.1, 0.15) is 11.6 Å². The largest absolute Gasteiger partial charge is 0.496 e. The Hall–Kier alpha value is -2.21. The topological polar surface area (TPSA) is 96.0 Å². The number of aryl methyl sites for hydroxylation is 1. The number of rotatable bonds is 8. The standard InChI is InChI=1S/C20H26FN3O5S2/c1-16-15-17(7-8-20(16)29-2)31(27,28)22-9-14-30(25,26)24-12-10-23(11-13-24)19-6-4-3-5-18(19)21/h3-8,15,22H,9-14H2,1-2H3. The molecule has 0 spiro atoms. The third-order valence-corrected chi connectivity index (χ3v) is 8.48. The van der Waals surface area contributed by atoms with Crippen LogP contribution in [0.1, 0.15) is 5.56 Å². The number of ether oxygens (including phenoxy) is 1. The van der Waals surface area contributed by atoms with Crippen LogP contribution in [0.15, 0.2) is 47.4 Å². The van der Waals surface area contributed by atoms with Crippen molar-refractivity contribution in [2.24, 2.45) is 0 Å². The number of nitrogens with one attached hydrogen (secondary N) is 1. The Morgan fingerprint density at radius 3 is 2.32 bits per heavy atom. The van der Waals surface area contributed by atoms with Crippen molar-refractivity contribution < 1.29 is 26.0 Å². The number of hydrogen-bond acceptors (Lipinski definition) is 6. The van der Waals surface area contributed by atoms with Gasteiger partial charge in [-0.05, 0) is 42.8 Å². The van der Waals surface area contributed by atoms with Crippen molar-refractivity contribution in [3.63, 3.8) is 0 Å². The molecule has 0 aliphatic carbocycles. The zero-order chi connectivity index (χ0) is 22.6. The van der Waals surface area contributed by atoms with Crippen LogP contribution in [-0.4, -0.2) is 66.7 Å². The van der Waals surface area contributed by atoms with Crippen molar-refractivity contribution in [1.29, 1.82) is 0 Å². The molecule has 0 atom stereocenters. The molecule has 0 unspecified atom stereocenters. The Kier molecular flexibility index (Phi) is 7.20. The fraction of sp³-hybridized carbons (Fsp3) is 0.400. The number of nitrogens with zero attached hydrogens (tertiary/aromatic N) is 2. The third kappa shape index (κ3) is 5.53. The summed E-state index contributed by atoms with van der Waals surface area (Å²) in [7, 11) is -6.01. The smallest absolute Gasteiger partial charge is 0.240 e. The van der Waals surface area contributed by atoms with Crippen LogP contribution >= 0.6 is 0 Å². The number of piperazine rings is 1. The molecule has 2 aromatic rings. The maximum Gasteiger partial charge on any atom is 0.240 e. The highest BCUT2D eigenvalue weighted by molar-refractivity contribution is 7.90. The van der Waals surface area contributed by atoms with Crippen LogP contribution in [0.2, 0.25) is 0 Å². The minimum Gasteiger partial charge on any atom is -0.496 e. The molecular weight excluding hydrogens is 445 g/mol. The maximum atomic E-state index is 13.9. The quantitative estimate of drug-likeness (QED) is 0.628. The van der Waals surface area contributed by atoms with E-state index in [1.165, 1.54) is 29.6 Å². The fourth-order valence-electron chi connectivity index (χ4n) is 3.45. The number of methoxy groups -OCH3 is 1. The van der Waals surface area contributed by atoms with E-state index in [0.29, 0.717) is 30.1 Å². The van der Waals surface area contributed by atoms with Crippen LogP contribution in [0.5, 0.6) is 5.75 Å². The lowest BCUT2D eigenvalue weighted by atomic mass is 10.2. The molecule has 170 valence electrons. The van der Waals surface area contributed by atoms with Gasteiger partial charge in [-0.3, -0.25) is 0 Å². The summed E-state index contributed by atoms with van der Waals surface area (Å²) in [6.07, 6.45) is 0. The van der Waals surface area contributed by atoms with Gasteiger partial charge in [0, 0.05) is 32.7 Å². The van der Waals surface area contributed by atoms with Crippen molar-refractivity contribution in [2.75, 3.05) is 50.5 Å². The van der Waals surface area contributed by atoms with Crippen LogP contribution < -0.4 is 14.4 Å². The lowest BCUT2D eigenvalue weighted by molar-refractivity contribution is 0.383. The molecule has 8 nitrogen and oxygen atoms in total. The number of anilines is 1. The Balaban J connectivity index is 1.56. The molecule has 0 aromatic heterocycles. The van der Waals surface area contributed by atoms with Gasteiger partial charge in [-0.15, -0.1) is 0 Å².